The number of pyridine rings is 1. The molecule has 0 aliphatic carbocycles. The van der Waals surface area contributed by atoms with E-state index in [0.29, 0.717) is 17.9 Å². The molecule has 21 heavy (non-hydrogen) atoms. The predicted octanol–water partition coefficient (Wildman–Crippen LogP) is 1.81. The van der Waals surface area contributed by atoms with E-state index in [-0.39, 0.29) is 5.91 Å². The molecule has 6 heteroatoms. The van der Waals surface area contributed by atoms with Crippen molar-refractivity contribution in [1.29, 1.82) is 0 Å². The smallest absolute Gasteiger partial charge is 0.312 e. The summed E-state index contributed by atoms with van der Waals surface area (Å²) in [7, 11) is 0. The molecule has 1 aromatic heterocycles. The summed E-state index contributed by atoms with van der Waals surface area (Å²) in [6, 6.07) is 11.7. The van der Waals surface area contributed by atoms with Gasteiger partial charge in [0, 0.05) is 17.8 Å². The standard InChI is InChI=1S/C15H16N4O2/c1-10-3-2-4-13(18-10)19-14(20)12-7-5-11(6-8-12)9-17-15(16)21/h2-8H,9H2,1H3,(H3,16,17,21)(H,18,19,20). The van der Waals surface area contributed by atoms with Crippen molar-refractivity contribution < 1.29 is 9.59 Å². The summed E-state index contributed by atoms with van der Waals surface area (Å²) in [5, 5.41) is 5.21. The summed E-state index contributed by atoms with van der Waals surface area (Å²) in [6.45, 7) is 2.19. The van der Waals surface area contributed by atoms with E-state index in [4.69, 9.17) is 5.73 Å². The van der Waals surface area contributed by atoms with Crippen LogP contribution in [0.25, 0.3) is 0 Å². The molecule has 4 N–H and O–H groups in total. The van der Waals surface area contributed by atoms with E-state index in [2.05, 4.69) is 15.6 Å². The molecule has 2 aromatic rings. The highest BCUT2D eigenvalue weighted by molar-refractivity contribution is 6.03. The van der Waals surface area contributed by atoms with Crippen LogP contribution in [-0.2, 0) is 6.54 Å². The predicted molar refractivity (Wildman–Crippen MR) is 79.8 cm³/mol. The van der Waals surface area contributed by atoms with E-state index in [1.165, 1.54) is 0 Å². The van der Waals surface area contributed by atoms with Gasteiger partial charge in [0.05, 0.1) is 0 Å². The van der Waals surface area contributed by atoms with Gasteiger partial charge in [-0.1, -0.05) is 18.2 Å². The number of nitrogens with one attached hydrogen (secondary N) is 2. The zero-order chi connectivity index (χ0) is 15.2. The van der Waals surface area contributed by atoms with Gasteiger partial charge in [0.25, 0.3) is 5.91 Å². The molecule has 0 bridgehead atoms. The quantitative estimate of drug-likeness (QED) is 0.798. The van der Waals surface area contributed by atoms with Crippen molar-refractivity contribution in [2.45, 2.75) is 13.5 Å². The normalized spacial score (nSPS) is 9.95. The zero-order valence-electron chi connectivity index (χ0n) is 11.6. The highest BCUT2D eigenvalue weighted by Crippen LogP contribution is 2.09. The Bertz CT molecular complexity index is 653. The Balaban J connectivity index is 2.01. The van der Waals surface area contributed by atoms with Crippen LogP contribution in [0.1, 0.15) is 21.6 Å². The van der Waals surface area contributed by atoms with E-state index in [0.717, 1.165) is 11.3 Å². The third kappa shape index (κ3) is 4.31. The third-order valence-electron chi connectivity index (χ3n) is 2.81. The second-order valence-electron chi connectivity index (χ2n) is 4.53. The van der Waals surface area contributed by atoms with Crippen LogP contribution >= 0.6 is 0 Å². The molecule has 6 nitrogen and oxygen atoms in total. The largest absolute Gasteiger partial charge is 0.352 e. The number of nitrogens with two attached hydrogens (primary N) is 1. The lowest BCUT2D eigenvalue weighted by molar-refractivity contribution is 0.102. The highest BCUT2D eigenvalue weighted by Gasteiger charge is 2.07. The fraction of sp³-hybridized carbons (Fsp3) is 0.133. The minimum atomic E-state index is -0.581. The van der Waals surface area contributed by atoms with E-state index in [1.807, 2.05) is 19.1 Å². The Hall–Kier alpha value is -2.89. The summed E-state index contributed by atoms with van der Waals surface area (Å²) in [4.78, 5) is 26.9. The molecule has 0 saturated carbocycles. The number of rotatable bonds is 4. The Morgan fingerprint density at radius 1 is 1.14 bits per heavy atom. The van der Waals surface area contributed by atoms with E-state index in [9.17, 15) is 9.59 Å². The molecule has 0 saturated heterocycles. The lowest BCUT2D eigenvalue weighted by Gasteiger charge is -2.06. The molecule has 108 valence electrons. The number of hydrogen-bond donors (Lipinski definition) is 3. The number of anilines is 1. The summed E-state index contributed by atoms with van der Waals surface area (Å²) in [5.74, 6) is 0.280. The fourth-order valence-corrected chi connectivity index (χ4v) is 1.76. The van der Waals surface area contributed by atoms with Gasteiger partial charge < -0.3 is 16.4 Å². The molecule has 0 spiro atoms. The topological polar surface area (TPSA) is 97.1 Å². The number of hydrogen-bond acceptors (Lipinski definition) is 3. The molecule has 2 rings (SSSR count). The molecule has 0 unspecified atom stereocenters. The van der Waals surface area contributed by atoms with Crippen LogP contribution in [0.2, 0.25) is 0 Å². The maximum atomic E-state index is 12.1. The molecular formula is C15H16N4O2. The van der Waals surface area contributed by atoms with Crippen molar-refractivity contribution in [3.8, 4) is 0 Å². The zero-order valence-corrected chi connectivity index (χ0v) is 11.6. The van der Waals surface area contributed by atoms with Crippen LogP contribution in [0.4, 0.5) is 10.6 Å². The van der Waals surface area contributed by atoms with Gasteiger partial charge in [-0.25, -0.2) is 9.78 Å². The molecule has 3 amide bonds. The number of primary amides is 1. The van der Waals surface area contributed by atoms with Crippen molar-refractivity contribution in [3.63, 3.8) is 0 Å². The molecule has 0 atom stereocenters. The van der Waals surface area contributed by atoms with Crippen molar-refractivity contribution >= 4 is 17.8 Å². The average Bonchev–Trinajstić information content (AvgIpc) is 2.45. The van der Waals surface area contributed by atoms with Crippen LogP contribution in [0.3, 0.4) is 0 Å². The average molecular weight is 284 g/mol. The van der Waals surface area contributed by atoms with Gasteiger partial charge in [-0.2, -0.15) is 0 Å². The second-order valence-corrected chi connectivity index (χ2v) is 4.53. The van der Waals surface area contributed by atoms with Gasteiger partial charge in [-0.15, -0.1) is 0 Å². The van der Waals surface area contributed by atoms with Gasteiger partial charge >= 0.3 is 6.03 Å². The van der Waals surface area contributed by atoms with Gasteiger partial charge in [0.15, 0.2) is 0 Å². The maximum absolute atomic E-state index is 12.1. The van der Waals surface area contributed by atoms with Crippen LogP contribution in [0.15, 0.2) is 42.5 Å². The molecule has 1 aromatic carbocycles. The number of amides is 3. The molecular weight excluding hydrogens is 268 g/mol. The Labute approximate surface area is 122 Å². The summed E-state index contributed by atoms with van der Waals surface area (Å²) >= 11 is 0. The van der Waals surface area contributed by atoms with Crippen molar-refractivity contribution in [1.82, 2.24) is 10.3 Å². The second kappa shape index (κ2) is 6.51. The molecule has 0 aliphatic rings. The van der Waals surface area contributed by atoms with Crippen LogP contribution in [-0.4, -0.2) is 16.9 Å². The van der Waals surface area contributed by atoms with Crippen molar-refractivity contribution in [2.24, 2.45) is 5.73 Å². The van der Waals surface area contributed by atoms with E-state index < -0.39 is 6.03 Å². The number of benzene rings is 1. The lowest BCUT2D eigenvalue weighted by atomic mass is 10.1. The Kier molecular flexibility index (Phi) is 4.50. The highest BCUT2D eigenvalue weighted by atomic mass is 16.2. The first-order chi connectivity index (χ1) is 10.0. The lowest BCUT2D eigenvalue weighted by Crippen LogP contribution is -2.28. The van der Waals surface area contributed by atoms with E-state index >= 15 is 0 Å². The summed E-state index contributed by atoms with van der Waals surface area (Å²) in [6.07, 6.45) is 0. The van der Waals surface area contributed by atoms with Crippen LogP contribution < -0.4 is 16.4 Å². The number of carbonyl (C=O) groups excluding carboxylic acids is 2. The minimum absolute atomic E-state index is 0.234. The van der Waals surface area contributed by atoms with Gasteiger partial charge in [-0.3, -0.25) is 4.79 Å². The number of carbonyl (C=O) groups is 2. The molecule has 1 heterocycles. The monoisotopic (exact) mass is 284 g/mol. The summed E-state index contributed by atoms with van der Waals surface area (Å²) < 4.78 is 0. The molecule has 0 radical (unpaired) electrons. The van der Waals surface area contributed by atoms with Crippen LogP contribution in [0, 0.1) is 6.92 Å². The van der Waals surface area contributed by atoms with Gasteiger partial charge in [0.2, 0.25) is 0 Å². The van der Waals surface area contributed by atoms with Gasteiger partial charge in [-0.05, 0) is 36.8 Å². The van der Waals surface area contributed by atoms with E-state index in [1.54, 1.807) is 30.3 Å². The number of aryl methyl sites for hydroxylation is 1. The number of nitrogens with zero attached hydrogens (tertiary/aromatic N) is 1. The van der Waals surface area contributed by atoms with Crippen LogP contribution in [0.5, 0.6) is 0 Å². The van der Waals surface area contributed by atoms with Gasteiger partial charge in [0.1, 0.15) is 5.82 Å². The summed E-state index contributed by atoms with van der Waals surface area (Å²) in [5.41, 5.74) is 7.20. The number of urea groups is 1. The molecule has 0 fully saturated rings. The van der Waals surface area contributed by atoms with Crippen molar-refractivity contribution in [3.05, 3.63) is 59.3 Å². The molecule has 0 aliphatic heterocycles. The SMILES string of the molecule is Cc1cccc(NC(=O)c2ccc(CNC(N)=O)cc2)n1. The first-order valence-corrected chi connectivity index (χ1v) is 6.42. The first kappa shape index (κ1) is 14.5. The van der Waals surface area contributed by atoms with Crippen molar-refractivity contribution in [2.75, 3.05) is 5.32 Å². The minimum Gasteiger partial charge on any atom is -0.352 e. The fourth-order valence-electron chi connectivity index (χ4n) is 1.76. The Morgan fingerprint density at radius 3 is 2.48 bits per heavy atom. The number of aromatic nitrogens is 1. The maximum Gasteiger partial charge on any atom is 0.312 e. The first-order valence-electron chi connectivity index (χ1n) is 6.42. The third-order valence-corrected chi connectivity index (χ3v) is 2.81. The Morgan fingerprint density at radius 2 is 1.86 bits per heavy atom.